The van der Waals surface area contributed by atoms with E-state index < -0.39 is 0 Å². The quantitative estimate of drug-likeness (QED) is 0.123. The first-order chi connectivity index (χ1) is 23.4. The predicted octanol–water partition coefficient (Wildman–Crippen LogP) is 7.10. The molecule has 1 aliphatic heterocycles. The molecule has 0 fully saturated rings. The molecule has 1 aliphatic rings. The average molecular weight is 658 g/mol. The second kappa shape index (κ2) is 15.1. The third-order valence-electron chi connectivity index (χ3n) is 8.46. The number of aromatic nitrogens is 1. The van der Waals surface area contributed by atoms with Gasteiger partial charge in [-0.2, -0.15) is 5.26 Å². The summed E-state index contributed by atoms with van der Waals surface area (Å²) in [4.78, 5) is 8.65. The Morgan fingerprint density at radius 3 is 2.33 bits per heavy atom. The van der Waals surface area contributed by atoms with Crippen molar-refractivity contribution in [1.82, 2.24) is 15.6 Å². The van der Waals surface area contributed by atoms with Crippen LogP contribution < -0.4 is 20.1 Å². The van der Waals surface area contributed by atoms with Crippen LogP contribution in [-0.2, 0) is 19.8 Å². The lowest BCUT2D eigenvalue weighted by molar-refractivity contribution is 0.255. The molecular weight excluding hydrogens is 622 g/mol. The van der Waals surface area contributed by atoms with Gasteiger partial charge in [0.2, 0.25) is 0 Å². The van der Waals surface area contributed by atoms with Crippen molar-refractivity contribution in [3.8, 4) is 39.8 Å². The number of pyridine rings is 1. The van der Waals surface area contributed by atoms with E-state index in [-0.39, 0.29) is 13.3 Å². The summed E-state index contributed by atoms with van der Waals surface area (Å²) in [6.45, 7) is 6.65. The second-order valence-corrected chi connectivity index (χ2v) is 12.0. The van der Waals surface area contributed by atoms with Crippen molar-refractivity contribution < 1.29 is 14.6 Å². The molecule has 48 heavy (non-hydrogen) atoms. The number of halogens is 1. The van der Waals surface area contributed by atoms with E-state index in [1.807, 2.05) is 0 Å². The summed E-state index contributed by atoms with van der Waals surface area (Å²) in [5, 5.41) is 25.2. The van der Waals surface area contributed by atoms with Gasteiger partial charge in [-0.05, 0) is 64.9 Å². The molecular formula is C39H36ClN5O3. The van der Waals surface area contributed by atoms with Crippen molar-refractivity contribution in [2.24, 2.45) is 4.99 Å². The summed E-state index contributed by atoms with van der Waals surface area (Å²) in [5.74, 6) is 1.99. The van der Waals surface area contributed by atoms with E-state index in [4.69, 9.17) is 21.1 Å². The molecule has 0 aliphatic carbocycles. The van der Waals surface area contributed by atoms with Crippen molar-refractivity contribution in [2.45, 2.75) is 33.6 Å². The molecule has 0 spiro atoms. The first kappa shape index (κ1) is 32.7. The number of ether oxygens (including phenoxy) is 2. The average Bonchev–Trinajstić information content (AvgIpc) is 3.66. The normalized spacial score (nSPS) is 12.3. The molecule has 4 aromatic carbocycles. The fourth-order valence-electron chi connectivity index (χ4n) is 5.86. The Labute approximate surface area is 285 Å². The standard InChI is InChI=1S/C39H36ClN5O3/c1-25-31(23-48-38-17-37(32(16-36(38)40)21-43-24-46)47-22-28-15-27(18-41)19-42-20-28)5-3-7-34(25)35-8-4-6-33(26(35)2)29-9-11-30(12-10-29)39-44-13-14-45-39/h3-12,15-17,19-20,43,46H,13-14,21-24H2,1-2H3,(H,44,45). The Balaban J connectivity index is 1.22. The second-order valence-electron chi connectivity index (χ2n) is 11.5. The third kappa shape index (κ3) is 7.35. The molecule has 6 rings (SSSR count). The third-order valence-corrected chi connectivity index (χ3v) is 8.75. The number of hydrogen-bond acceptors (Lipinski definition) is 8. The highest BCUT2D eigenvalue weighted by atomic mass is 35.5. The first-order valence-corrected chi connectivity index (χ1v) is 16.1. The van der Waals surface area contributed by atoms with Gasteiger partial charge in [-0.15, -0.1) is 0 Å². The lowest BCUT2D eigenvalue weighted by Gasteiger charge is -2.18. The number of amidine groups is 1. The molecule has 0 saturated carbocycles. The number of aliphatic hydroxyl groups excluding tert-OH is 1. The zero-order valence-electron chi connectivity index (χ0n) is 26.9. The van der Waals surface area contributed by atoms with Crippen LogP contribution in [0.25, 0.3) is 22.3 Å². The molecule has 1 aromatic heterocycles. The van der Waals surface area contributed by atoms with Crippen LogP contribution in [-0.4, -0.2) is 35.7 Å². The number of nitriles is 1. The fourth-order valence-corrected chi connectivity index (χ4v) is 6.11. The number of rotatable bonds is 12. The van der Waals surface area contributed by atoms with Gasteiger partial charge < -0.3 is 19.9 Å². The molecule has 2 heterocycles. The van der Waals surface area contributed by atoms with Gasteiger partial charge in [-0.3, -0.25) is 15.3 Å². The highest BCUT2D eigenvalue weighted by Crippen LogP contribution is 2.37. The summed E-state index contributed by atoms with van der Waals surface area (Å²) in [5.41, 5.74) is 11.1. The van der Waals surface area contributed by atoms with E-state index in [0.717, 1.165) is 57.9 Å². The van der Waals surface area contributed by atoms with Crippen LogP contribution in [0.2, 0.25) is 5.02 Å². The van der Waals surface area contributed by atoms with Gasteiger partial charge >= 0.3 is 0 Å². The summed E-state index contributed by atoms with van der Waals surface area (Å²) in [7, 11) is 0. The highest BCUT2D eigenvalue weighted by molar-refractivity contribution is 6.32. The summed E-state index contributed by atoms with van der Waals surface area (Å²) < 4.78 is 12.5. The number of nitrogens with zero attached hydrogens (tertiary/aromatic N) is 3. The Morgan fingerprint density at radius 2 is 1.58 bits per heavy atom. The minimum Gasteiger partial charge on any atom is -0.488 e. The van der Waals surface area contributed by atoms with E-state index in [1.165, 1.54) is 22.9 Å². The number of aliphatic hydroxyl groups is 1. The van der Waals surface area contributed by atoms with Gasteiger partial charge in [0.05, 0.1) is 23.9 Å². The molecule has 242 valence electrons. The molecule has 0 atom stereocenters. The van der Waals surface area contributed by atoms with Gasteiger partial charge in [0.15, 0.2) is 0 Å². The topological polar surface area (TPSA) is 112 Å². The van der Waals surface area contributed by atoms with Gasteiger partial charge in [-0.25, -0.2) is 0 Å². The van der Waals surface area contributed by atoms with Crippen molar-refractivity contribution in [2.75, 3.05) is 19.8 Å². The summed E-state index contributed by atoms with van der Waals surface area (Å²) in [6, 6.07) is 28.7. The maximum atomic E-state index is 9.33. The number of hydrogen-bond donors (Lipinski definition) is 3. The molecule has 0 saturated heterocycles. The van der Waals surface area contributed by atoms with Crippen LogP contribution in [0.3, 0.4) is 0 Å². The van der Waals surface area contributed by atoms with Gasteiger partial charge in [0.1, 0.15) is 36.6 Å². The van der Waals surface area contributed by atoms with E-state index in [2.05, 4.69) is 101 Å². The van der Waals surface area contributed by atoms with Crippen LogP contribution in [0.4, 0.5) is 0 Å². The lowest BCUT2D eigenvalue weighted by Crippen LogP contribution is -2.19. The molecule has 3 N–H and O–H groups in total. The van der Waals surface area contributed by atoms with Crippen molar-refractivity contribution in [1.29, 1.82) is 5.26 Å². The zero-order chi connectivity index (χ0) is 33.5. The number of nitrogens with one attached hydrogen (secondary N) is 2. The minimum absolute atomic E-state index is 0.193. The largest absolute Gasteiger partial charge is 0.488 e. The maximum Gasteiger partial charge on any atom is 0.142 e. The summed E-state index contributed by atoms with van der Waals surface area (Å²) >= 11 is 6.69. The van der Waals surface area contributed by atoms with Crippen molar-refractivity contribution in [3.63, 3.8) is 0 Å². The van der Waals surface area contributed by atoms with E-state index in [0.29, 0.717) is 35.2 Å². The van der Waals surface area contributed by atoms with Crippen LogP contribution in [0.5, 0.6) is 11.5 Å². The van der Waals surface area contributed by atoms with Gasteiger partial charge in [0, 0.05) is 48.2 Å². The molecule has 9 heteroatoms. The molecule has 0 amide bonds. The molecule has 0 bridgehead atoms. The maximum absolute atomic E-state index is 9.33. The van der Waals surface area contributed by atoms with E-state index in [1.54, 1.807) is 24.4 Å². The minimum atomic E-state index is -0.193. The Hall–Kier alpha value is -5.20. The number of benzene rings is 4. The molecule has 5 aromatic rings. The monoisotopic (exact) mass is 657 g/mol. The van der Waals surface area contributed by atoms with Crippen LogP contribution in [0, 0.1) is 25.2 Å². The van der Waals surface area contributed by atoms with Crippen LogP contribution in [0.1, 0.15) is 38.9 Å². The van der Waals surface area contributed by atoms with Crippen LogP contribution >= 0.6 is 11.6 Å². The van der Waals surface area contributed by atoms with E-state index >= 15 is 0 Å². The van der Waals surface area contributed by atoms with Gasteiger partial charge in [-0.1, -0.05) is 72.3 Å². The Bertz CT molecular complexity index is 2000. The van der Waals surface area contributed by atoms with Crippen molar-refractivity contribution in [3.05, 3.63) is 135 Å². The zero-order valence-corrected chi connectivity index (χ0v) is 27.6. The molecule has 0 unspecified atom stereocenters. The van der Waals surface area contributed by atoms with E-state index in [9.17, 15) is 10.4 Å². The number of aliphatic imine (C=N–C) groups is 1. The summed E-state index contributed by atoms with van der Waals surface area (Å²) in [6.07, 6.45) is 3.17. The molecule has 0 radical (unpaired) electrons. The van der Waals surface area contributed by atoms with Crippen molar-refractivity contribution >= 4 is 17.4 Å². The lowest BCUT2D eigenvalue weighted by atomic mass is 9.89. The first-order valence-electron chi connectivity index (χ1n) is 15.8. The molecule has 8 nitrogen and oxygen atoms in total. The predicted molar refractivity (Wildman–Crippen MR) is 189 cm³/mol. The SMILES string of the molecule is Cc1c(COc2cc(OCc3cncc(C#N)c3)c(CNCO)cc2Cl)cccc1-c1cccc(-c2ccc(C3=NCCN3)cc2)c1C. The van der Waals surface area contributed by atoms with Crippen LogP contribution in [0.15, 0.2) is 96.2 Å². The highest BCUT2D eigenvalue weighted by Gasteiger charge is 2.16. The fraction of sp³-hybridized carbons (Fsp3) is 0.205. The smallest absolute Gasteiger partial charge is 0.142 e. The Morgan fingerprint density at radius 1 is 0.854 bits per heavy atom. The Kier molecular flexibility index (Phi) is 10.3. The van der Waals surface area contributed by atoms with Gasteiger partial charge in [0.25, 0.3) is 0 Å².